The number of carbonyl (C=O) groups is 4. The smallest absolute Gasteiger partial charge is 0.255 e. The molecule has 2 aromatic carbocycles. The van der Waals surface area contributed by atoms with Crippen LogP contribution in [0.4, 0.5) is 0 Å². The summed E-state index contributed by atoms with van der Waals surface area (Å²) in [5.74, 6) is 0.464. The standard InChI is InChI=1S/C30H35ClN2O4S/c1-20-12-13-21(18-25(20)31)17-22(34)9-6-4-2-3-5-7-16-38-27-11-8-10-23-24(27)19-33(30(23)37)26-14-15-28(35)32-29(26)36/h8,10-13,18,26H,2-7,9,14-17,19H2,1H3,(H,32,35,36). The Kier molecular flexibility index (Phi) is 10.0. The minimum atomic E-state index is -0.582. The van der Waals surface area contributed by atoms with E-state index in [0.29, 0.717) is 36.4 Å². The summed E-state index contributed by atoms with van der Waals surface area (Å²) in [4.78, 5) is 51.7. The first kappa shape index (κ1) is 28.4. The Morgan fingerprint density at radius 3 is 2.58 bits per heavy atom. The third-order valence-corrected chi connectivity index (χ3v) is 8.88. The minimum Gasteiger partial charge on any atom is -0.322 e. The molecule has 1 saturated heterocycles. The molecule has 2 aromatic rings. The fourth-order valence-corrected chi connectivity index (χ4v) is 6.36. The Morgan fingerprint density at radius 2 is 1.82 bits per heavy atom. The first-order chi connectivity index (χ1) is 18.3. The van der Waals surface area contributed by atoms with Gasteiger partial charge in [-0.1, -0.05) is 55.5 Å². The molecule has 0 bridgehead atoms. The number of hydrogen-bond donors (Lipinski definition) is 1. The number of carbonyl (C=O) groups excluding carboxylic acids is 4. The lowest BCUT2D eigenvalue weighted by Crippen LogP contribution is -2.52. The number of thioether (sulfide) groups is 1. The molecule has 8 heteroatoms. The fraction of sp³-hybridized carbons (Fsp3) is 0.467. The lowest BCUT2D eigenvalue weighted by Gasteiger charge is -2.29. The van der Waals surface area contributed by atoms with Crippen LogP contribution >= 0.6 is 23.4 Å². The number of hydrogen-bond acceptors (Lipinski definition) is 5. The van der Waals surface area contributed by atoms with E-state index in [9.17, 15) is 19.2 Å². The van der Waals surface area contributed by atoms with Crippen LogP contribution in [0.25, 0.3) is 0 Å². The van der Waals surface area contributed by atoms with Crippen molar-refractivity contribution in [2.45, 2.75) is 88.6 Å². The van der Waals surface area contributed by atoms with Gasteiger partial charge in [0.05, 0.1) is 0 Å². The zero-order chi connectivity index (χ0) is 27.1. The van der Waals surface area contributed by atoms with Crippen molar-refractivity contribution >= 4 is 46.9 Å². The topological polar surface area (TPSA) is 83.6 Å². The van der Waals surface area contributed by atoms with E-state index in [1.54, 1.807) is 16.7 Å². The lowest BCUT2D eigenvalue weighted by molar-refractivity contribution is -0.137. The lowest BCUT2D eigenvalue weighted by atomic mass is 10.0. The summed E-state index contributed by atoms with van der Waals surface area (Å²) in [7, 11) is 0. The molecule has 0 aliphatic carbocycles. The normalized spacial score (nSPS) is 17.1. The van der Waals surface area contributed by atoms with E-state index in [2.05, 4.69) is 5.32 Å². The van der Waals surface area contributed by atoms with Crippen LogP contribution in [0.1, 0.15) is 84.8 Å². The summed E-state index contributed by atoms with van der Waals surface area (Å²) in [6, 6.07) is 11.0. The van der Waals surface area contributed by atoms with E-state index in [1.807, 2.05) is 43.3 Å². The van der Waals surface area contributed by atoms with Crippen molar-refractivity contribution in [3.05, 3.63) is 63.7 Å². The van der Waals surface area contributed by atoms with Crippen LogP contribution in [0.2, 0.25) is 5.02 Å². The Morgan fingerprint density at radius 1 is 1.05 bits per heavy atom. The molecule has 202 valence electrons. The van der Waals surface area contributed by atoms with Crippen molar-refractivity contribution in [2.75, 3.05) is 5.75 Å². The minimum absolute atomic E-state index is 0.127. The van der Waals surface area contributed by atoms with Gasteiger partial charge in [-0.3, -0.25) is 24.5 Å². The van der Waals surface area contributed by atoms with Crippen LogP contribution in [0.3, 0.4) is 0 Å². The van der Waals surface area contributed by atoms with Gasteiger partial charge in [-0.2, -0.15) is 0 Å². The van der Waals surface area contributed by atoms with Gasteiger partial charge in [-0.25, -0.2) is 0 Å². The molecule has 0 aromatic heterocycles. The van der Waals surface area contributed by atoms with Gasteiger partial charge < -0.3 is 4.90 Å². The summed E-state index contributed by atoms with van der Waals surface area (Å²) in [6.45, 7) is 2.38. The highest BCUT2D eigenvalue weighted by Crippen LogP contribution is 2.34. The zero-order valence-corrected chi connectivity index (χ0v) is 23.5. The maximum atomic E-state index is 13.0. The number of imide groups is 1. The number of benzene rings is 2. The van der Waals surface area contributed by atoms with Crippen molar-refractivity contribution in [1.82, 2.24) is 10.2 Å². The fourth-order valence-electron chi connectivity index (χ4n) is 5.07. The van der Waals surface area contributed by atoms with Gasteiger partial charge in [0.2, 0.25) is 11.8 Å². The molecule has 6 nitrogen and oxygen atoms in total. The second kappa shape index (κ2) is 13.4. The number of aryl methyl sites for hydroxylation is 1. The van der Waals surface area contributed by atoms with Crippen LogP contribution in [0, 0.1) is 6.92 Å². The highest BCUT2D eigenvalue weighted by atomic mass is 35.5. The van der Waals surface area contributed by atoms with Crippen molar-refractivity contribution in [3.8, 4) is 0 Å². The summed E-state index contributed by atoms with van der Waals surface area (Å²) in [5.41, 5.74) is 3.67. The predicted octanol–water partition coefficient (Wildman–Crippen LogP) is 6.04. The van der Waals surface area contributed by atoms with E-state index < -0.39 is 6.04 Å². The number of halogens is 1. The number of ketones is 1. The molecule has 1 fully saturated rings. The number of nitrogens with zero attached hydrogens (tertiary/aromatic N) is 1. The Labute approximate surface area is 233 Å². The van der Waals surface area contributed by atoms with E-state index in [0.717, 1.165) is 65.9 Å². The first-order valence-corrected chi connectivity index (χ1v) is 14.9. The molecule has 1 atom stereocenters. The highest BCUT2D eigenvalue weighted by Gasteiger charge is 2.39. The molecule has 0 radical (unpaired) electrons. The number of unbranched alkanes of at least 4 members (excludes halogenated alkanes) is 5. The molecule has 4 rings (SSSR count). The van der Waals surface area contributed by atoms with Gasteiger partial charge in [-0.05, 0) is 66.8 Å². The molecule has 2 heterocycles. The molecular weight excluding hydrogens is 520 g/mol. The number of amides is 3. The highest BCUT2D eigenvalue weighted by molar-refractivity contribution is 7.99. The Bertz CT molecular complexity index is 1210. The summed E-state index contributed by atoms with van der Waals surface area (Å²) < 4.78 is 0. The van der Waals surface area contributed by atoms with E-state index in [-0.39, 0.29) is 29.9 Å². The molecular formula is C30H35ClN2O4S. The summed E-state index contributed by atoms with van der Waals surface area (Å²) >= 11 is 7.92. The van der Waals surface area contributed by atoms with E-state index in [1.165, 1.54) is 0 Å². The van der Waals surface area contributed by atoms with Crippen LogP contribution in [-0.2, 0) is 27.3 Å². The van der Waals surface area contributed by atoms with Gasteiger partial charge in [0, 0.05) is 41.3 Å². The van der Waals surface area contributed by atoms with Crippen LogP contribution in [-0.4, -0.2) is 40.2 Å². The first-order valence-electron chi connectivity index (χ1n) is 13.5. The average molecular weight is 555 g/mol. The van der Waals surface area contributed by atoms with Gasteiger partial charge >= 0.3 is 0 Å². The largest absolute Gasteiger partial charge is 0.322 e. The third kappa shape index (κ3) is 7.26. The van der Waals surface area contributed by atoms with Crippen LogP contribution < -0.4 is 5.32 Å². The van der Waals surface area contributed by atoms with E-state index >= 15 is 0 Å². The number of piperidine rings is 1. The zero-order valence-electron chi connectivity index (χ0n) is 21.9. The second-order valence-electron chi connectivity index (χ2n) is 10.2. The van der Waals surface area contributed by atoms with Gasteiger partial charge in [0.25, 0.3) is 5.91 Å². The summed E-state index contributed by atoms with van der Waals surface area (Å²) in [5, 5.41) is 3.07. The summed E-state index contributed by atoms with van der Waals surface area (Å²) in [6.07, 6.45) is 8.22. The molecule has 38 heavy (non-hydrogen) atoms. The van der Waals surface area contributed by atoms with Gasteiger partial charge in [0.15, 0.2) is 0 Å². The number of rotatable bonds is 13. The van der Waals surface area contributed by atoms with Crippen molar-refractivity contribution in [2.24, 2.45) is 0 Å². The van der Waals surface area contributed by atoms with E-state index in [4.69, 9.17) is 11.6 Å². The molecule has 2 aliphatic heterocycles. The molecule has 0 saturated carbocycles. The number of fused-ring (bicyclic) bond motifs is 1. The number of nitrogens with one attached hydrogen (secondary N) is 1. The maximum Gasteiger partial charge on any atom is 0.255 e. The molecule has 2 aliphatic rings. The van der Waals surface area contributed by atoms with Crippen LogP contribution in [0.15, 0.2) is 41.3 Å². The molecule has 3 amide bonds. The maximum absolute atomic E-state index is 13.0. The molecule has 1 N–H and O–H groups in total. The van der Waals surface area contributed by atoms with Crippen molar-refractivity contribution < 1.29 is 19.2 Å². The van der Waals surface area contributed by atoms with Gasteiger partial charge in [-0.15, -0.1) is 11.8 Å². The third-order valence-electron chi connectivity index (χ3n) is 7.28. The quantitative estimate of drug-likeness (QED) is 0.185. The number of Topliss-reactive ketones (excluding diaryl/α,β-unsaturated/α-hetero) is 1. The monoisotopic (exact) mass is 554 g/mol. The van der Waals surface area contributed by atoms with Crippen molar-refractivity contribution in [1.29, 1.82) is 0 Å². The van der Waals surface area contributed by atoms with Gasteiger partial charge in [0.1, 0.15) is 11.8 Å². The predicted molar refractivity (Wildman–Crippen MR) is 150 cm³/mol. The second-order valence-corrected chi connectivity index (χ2v) is 11.7. The molecule has 1 unspecified atom stereocenters. The Balaban J connectivity index is 1.11. The average Bonchev–Trinajstić information content (AvgIpc) is 3.22. The van der Waals surface area contributed by atoms with Crippen LogP contribution in [0.5, 0.6) is 0 Å². The SMILES string of the molecule is Cc1ccc(CC(=O)CCCCCCCCSc2cccc3c2CN(C2CCC(=O)NC2=O)C3=O)cc1Cl. The van der Waals surface area contributed by atoms with Crippen molar-refractivity contribution in [3.63, 3.8) is 0 Å². The molecule has 0 spiro atoms. The Hall–Kier alpha value is -2.64.